The molecule has 1 unspecified atom stereocenters. The monoisotopic (exact) mass is 736 g/mol. The molecule has 6 rings (SSSR count). The van der Waals surface area contributed by atoms with Gasteiger partial charge in [-0.25, -0.2) is 0 Å². The molecule has 0 spiro atoms. The van der Waals surface area contributed by atoms with Crippen LogP contribution in [0.1, 0.15) is 162 Å². The number of carbonyl (C=O) groups excluding carboxylic acids is 1. The summed E-state index contributed by atoms with van der Waals surface area (Å²) < 4.78 is 12.1. The van der Waals surface area contributed by atoms with Gasteiger partial charge in [0, 0.05) is 19.1 Å². The fourth-order valence-electron chi connectivity index (χ4n) is 11.7. The molecule has 296 valence electrons. The predicted octanol–water partition coefficient (Wildman–Crippen LogP) is 13.7. The molecular formula is C50H73NO3. The quantitative estimate of drug-likeness (QED) is 0.0663. The van der Waals surface area contributed by atoms with Gasteiger partial charge in [0.1, 0.15) is 11.9 Å². The number of hydrogen-bond acceptors (Lipinski definition) is 4. The third kappa shape index (κ3) is 9.91. The summed E-state index contributed by atoms with van der Waals surface area (Å²) in [4.78, 5) is 17.6. The Morgan fingerprint density at radius 3 is 2.43 bits per heavy atom. The Kier molecular flexibility index (Phi) is 14.2. The second-order valence-electron chi connectivity index (χ2n) is 18.9. The second-order valence-corrected chi connectivity index (χ2v) is 18.9. The fraction of sp³-hybridized carbons (Fsp3) is 0.680. The molecule has 2 aromatic carbocycles. The number of nitrogens with zero attached hydrogens (tertiary/aromatic N) is 1. The van der Waals surface area contributed by atoms with Crippen molar-refractivity contribution in [3.63, 3.8) is 0 Å². The molecule has 0 saturated heterocycles. The average Bonchev–Trinajstić information content (AvgIpc) is 3.52. The highest BCUT2D eigenvalue weighted by Crippen LogP contribution is 2.67. The molecule has 0 aromatic heterocycles. The number of ether oxygens (including phenoxy) is 2. The zero-order chi connectivity index (χ0) is 38.1. The van der Waals surface area contributed by atoms with Gasteiger partial charge in [0.15, 0.2) is 0 Å². The van der Waals surface area contributed by atoms with Gasteiger partial charge in [-0.1, -0.05) is 103 Å². The summed E-state index contributed by atoms with van der Waals surface area (Å²) in [5.74, 6) is 5.97. The van der Waals surface area contributed by atoms with E-state index in [1.807, 2.05) is 30.5 Å². The summed E-state index contributed by atoms with van der Waals surface area (Å²) in [5.41, 5.74) is 5.85. The van der Waals surface area contributed by atoms with Gasteiger partial charge >= 0.3 is 5.97 Å². The molecule has 54 heavy (non-hydrogen) atoms. The van der Waals surface area contributed by atoms with Crippen LogP contribution in [-0.4, -0.2) is 24.9 Å². The first-order valence-corrected chi connectivity index (χ1v) is 22.3. The van der Waals surface area contributed by atoms with E-state index in [2.05, 4.69) is 76.9 Å². The number of fused-ring (bicyclic) bond motifs is 5. The lowest BCUT2D eigenvalue weighted by Crippen LogP contribution is -2.51. The van der Waals surface area contributed by atoms with Crippen LogP contribution < -0.4 is 4.74 Å². The fourth-order valence-corrected chi connectivity index (χ4v) is 11.7. The number of hydrogen-bond donors (Lipinski definition) is 0. The van der Waals surface area contributed by atoms with Gasteiger partial charge in [0.25, 0.3) is 0 Å². The summed E-state index contributed by atoms with van der Waals surface area (Å²) in [6.45, 7) is 15.5. The van der Waals surface area contributed by atoms with Gasteiger partial charge in [-0.2, -0.15) is 0 Å². The normalized spacial score (nSPS) is 29.7. The number of allylic oxidation sites excluding steroid dienone is 1. The van der Waals surface area contributed by atoms with Crippen LogP contribution in [0.25, 0.3) is 0 Å². The van der Waals surface area contributed by atoms with Crippen molar-refractivity contribution in [1.82, 2.24) is 0 Å². The zero-order valence-electron chi connectivity index (χ0n) is 34.9. The van der Waals surface area contributed by atoms with Crippen molar-refractivity contribution in [3.8, 4) is 5.75 Å². The lowest BCUT2D eigenvalue weighted by molar-refractivity contribution is -0.151. The molecule has 0 radical (unpaired) electrons. The average molecular weight is 736 g/mol. The molecule has 4 heteroatoms. The Hall–Kier alpha value is -2.88. The smallest absolute Gasteiger partial charge is 0.306 e. The largest absolute Gasteiger partial charge is 0.494 e. The van der Waals surface area contributed by atoms with Gasteiger partial charge < -0.3 is 9.47 Å². The number of rotatable bonds is 18. The van der Waals surface area contributed by atoms with Crippen molar-refractivity contribution >= 4 is 17.9 Å². The highest BCUT2D eigenvalue weighted by molar-refractivity contribution is 5.82. The standard InChI is InChI=1S/C50H73NO3/c1-7-8-15-38-17-19-39(20-18-38)35-51-41-22-24-42(25-23-41)53-33-11-9-10-16-48(52)54-43-29-31-49(5)40(34-43)21-26-44-46-28-27-45(37(4)14-12-13-36(2)3)50(46,6)32-30-47(44)49/h17-25,35-37,43-47H,7-16,26-34H2,1-6H3/t37-,43?,44+,45-,46+,47+,49+,50-/m1/s1. The number of benzene rings is 2. The molecule has 4 aliphatic carbocycles. The first-order chi connectivity index (χ1) is 26.1. The Balaban J connectivity index is 0.880. The molecule has 0 heterocycles. The first-order valence-electron chi connectivity index (χ1n) is 22.3. The molecular weight excluding hydrogens is 663 g/mol. The van der Waals surface area contributed by atoms with E-state index in [1.54, 1.807) is 5.57 Å². The third-order valence-electron chi connectivity index (χ3n) is 14.9. The van der Waals surface area contributed by atoms with E-state index in [0.29, 0.717) is 23.9 Å². The van der Waals surface area contributed by atoms with Crippen LogP contribution in [0.3, 0.4) is 0 Å². The number of carbonyl (C=O) groups is 1. The van der Waals surface area contributed by atoms with Crippen molar-refractivity contribution in [2.24, 2.45) is 51.3 Å². The number of unbranched alkanes of at least 4 members (excludes halogenated alkanes) is 3. The Morgan fingerprint density at radius 1 is 0.870 bits per heavy atom. The summed E-state index contributed by atoms with van der Waals surface area (Å²) in [7, 11) is 0. The van der Waals surface area contributed by atoms with Crippen molar-refractivity contribution in [2.45, 2.75) is 163 Å². The van der Waals surface area contributed by atoms with Crippen molar-refractivity contribution in [3.05, 3.63) is 71.3 Å². The van der Waals surface area contributed by atoms with Crippen molar-refractivity contribution < 1.29 is 14.3 Å². The van der Waals surface area contributed by atoms with Crippen LogP contribution in [0.5, 0.6) is 5.75 Å². The lowest BCUT2D eigenvalue weighted by Gasteiger charge is -2.58. The SMILES string of the molecule is CCCCc1ccc(C=Nc2ccc(OCCCCCC(=O)OC3CC[C@@]4(C)C(=CC[C@H]5[C@@H]6CC[C@H]([C@H](C)CCCC(C)C)[C@@]6(C)CC[C@@H]54)C3)cc2)cc1. The Morgan fingerprint density at radius 2 is 1.67 bits per heavy atom. The molecule has 3 saturated carbocycles. The molecule has 0 aliphatic heterocycles. The van der Waals surface area contributed by atoms with E-state index in [0.717, 1.165) is 91.0 Å². The maximum atomic E-state index is 12.9. The van der Waals surface area contributed by atoms with Crippen molar-refractivity contribution in [1.29, 1.82) is 0 Å². The van der Waals surface area contributed by atoms with E-state index in [-0.39, 0.29) is 12.1 Å². The molecule has 3 fully saturated rings. The van der Waals surface area contributed by atoms with Crippen LogP contribution in [0.4, 0.5) is 5.69 Å². The first kappa shape index (κ1) is 40.8. The van der Waals surface area contributed by atoms with Crippen molar-refractivity contribution in [2.75, 3.05) is 6.61 Å². The van der Waals surface area contributed by atoms with E-state index in [1.165, 1.54) is 76.2 Å². The van der Waals surface area contributed by atoms with Gasteiger partial charge in [0.05, 0.1) is 12.3 Å². The van der Waals surface area contributed by atoms with Crippen LogP contribution in [-0.2, 0) is 16.0 Å². The third-order valence-corrected chi connectivity index (χ3v) is 14.9. The van der Waals surface area contributed by atoms with E-state index < -0.39 is 0 Å². The minimum absolute atomic E-state index is 0.0182. The van der Waals surface area contributed by atoms with Crippen LogP contribution in [0.15, 0.2) is 65.2 Å². The number of aryl methyl sites for hydroxylation is 1. The zero-order valence-corrected chi connectivity index (χ0v) is 34.9. The highest BCUT2D eigenvalue weighted by atomic mass is 16.5. The Bertz CT molecular complexity index is 1540. The molecule has 4 nitrogen and oxygen atoms in total. The van der Waals surface area contributed by atoms with E-state index in [9.17, 15) is 4.79 Å². The van der Waals surface area contributed by atoms with E-state index in [4.69, 9.17) is 9.47 Å². The minimum atomic E-state index is -0.0182. The maximum Gasteiger partial charge on any atom is 0.306 e. The van der Waals surface area contributed by atoms with Crippen LogP contribution >= 0.6 is 0 Å². The molecule has 8 atom stereocenters. The summed E-state index contributed by atoms with van der Waals surface area (Å²) in [5, 5.41) is 0. The number of aliphatic imine (C=N–C) groups is 1. The predicted molar refractivity (Wildman–Crippen MR) is 226 cm³/mol. The number of esters is 1. The molecule has 2 aromatic rings. The van der Waals surface area contributed by atoms with Crippen LogP contribution in [0, 0.1) is 46.3 Å². The Labute approximate surface area is 329 Å². The van der Waals surface area contributed by atoms with Gasteiger partial charge in [0.2, 0.25) is 0 Å². The minimum Gasteiger partial charge on any atom is -0.494 e. The second kappa shape index (κ2) is 18.8. The van der Waals surface area contributed by atoms with Gasteiger partial charge in [-0.15, -0.1) is 0 Å². The van der Waals surface area contributed by atoms with E-state index >= 15 is 0 Å². The van der Waals surface area contributed by atoms with Gasteiger partial charge in [-0.05, 0) is 159 Å². The molecule has 0 bridgehead atoms. The molecule has 0 amide bonds. The summed E-state index contributed by atoms with van der Waals surface area (Å²) in [6.07, 6.45) is 25.7. The highest BCUT2D eigenvalue weighted by Gasteiger charge is 2.59. The molecule has 4 aliphatic rings. The topological polar surface area (TPSA) is 47.9 Å². The summed E-state index contributed by atoms with van der Waals surface area (Å²) >= 11 is 0. The maximum absolute atomic E-state index is 12.9. The van der Waals surface area contributed by atoms with Gasteiger partial charge in [-0.3, -0.25) is 9.79 Å². The van der Waals surface area contributed by atoms with Crippen LogP contribution in [0.2, 0.25) is 0 Å². The lowest BCUT2D eigenvalue weighted by atomic mass is 9.47. The summed E-state index contributed by atoms with van der Waals surface area (Å²) in [6, 6.07) is 16.7. The molecule has 0 N–H and O–H groups in total.